The maximum atomic E-state index is 13.6. The molecule has 1 amide bonds. The Morgan fingerprint density at radius 1 is 1.03 bits per heavy atom. The van der Waals surface area contributed by atoms with Gasteiger partial charge in [-0.3, -0.25) is 14.5 Å². The SMILES string of the molecule is CCOc1cccc(N2C(=O)C(=O)/C(=C(/O)c3cc(C)cc(C)c3OC)C2c2ccc(N(C)C)cc2)c1. The van der Waals surface area contributed by atoms with Crippen molar-refractivity contribution in [2.75, 3.05) is 37.6 Å². The first-order valence-electron chi connectivity index (χ1n) is 12.1. The second-order valence-electron chi connectivity index (χ2n) is 9.25. The van der Waals surface area contributed by atoms with Gasteiger partial charge >= 0.3 is 0 Å². The minimum Gasteiger partial charge on any atom is -0.507 e. The average molecular weight is 501 g/mol. The number of benzene rings is 3. The zero-order valence-corrected chi connectivity index (χ0v) is 22.0. The molecule has 0 saturated carbocycles. The van der Waals surface area contributed by atoms with Gasteiger partial charge in [0, 0.05) is 31.5 Å². The summed E-state index contributed by atoms with van der Waals surface area (Å²) in [6, 6.07) is 17.5. The molecule has 1 N–H and O–H groups in total. The molecule has 192 valence electrons. The van der Waals surface area contributed by atoms with Gasteiger partial charge in [-0.15, -0.1) is 0 Å². The van der Waals surface area contributed by atoms with Crippen LogP contribution in [-0.2, 0) is 9.59 Å². The zero-order chi connectivity index (χ0) is 26.9. The molecule has 37 heavy (non-hydrogen) atoms. The van der Waals surface area contributed by atoms with Crippen molar-refractivity contribution in [3.05, 3.63) is 88.5 Å². The van der Waals surface area contributed by atoms with E-state index in [2.05, 4.69) is 0 Å². The molecule has 0 aromatic heterocycles. The van der Waals surface area contributed by atoms with E-state index in [0.29, 0.717) is 34.9 Å². The molecule has 7 nitrogen and oxygen atoms in total. The van der Waals surface area contributed by atoms with E-state index < -0.39 is 17.7 Å². The number of carbonyl (C=O) groups excluding carboxylic acids is 2. The van der Waals surface area contributed by atoms with Gasteiger partial charge in [0.1, 0.15) is 17.3 Å². The van der Waals surface area contributed by atoms with Crippen molar-refractivity contribution in [3.63, 3.8) is 0 Å². The van der Waals surface area contributed by atoms with Gasteiger partial charge in [0.15, 0.2) is 0 Å². The quantitative estimate of drug-likeness (QED) is 0.266. The van der Waals surface area contributed by atoms with Crippen LogP contribution in [0.25, 0.3) is 5.76 Å². The number of Topliss-reactive ketones (excluding diaryl/α,β-unsaturated/α-hetero) is 1. The summed E-state index contributed by atoms with van der Waals surface area (Å²) >= 11 is 0. The fraction of sp³-hybridized carbons (Fsp3) is 0.267. The largest absolute Gasteiger partial charge is 0.507 e. The monoisotopic (exact) mass is 500 g/mol. The molecular formula is C30H32N2O5. The number of hydrogen-bond donors (Lipinski definition) is 1. The minimum absolute atomic E-state index is 0.00714. The predicted octanol–water partition coefficient (Wildman–Crippen LogP) is 5.40. The summed E-state index contributed by atoms with van der Waals surface area (Å²) in [6.45, 7) is 6.11. The molecule has 0 aliphatic carbocycles. The smallest absolute Gasteiger partial charge is 0.300 e. The van der Waals surface area contributed by atoms with Gasteiger partial charge in [-0.25, -0.2) is 0 Å². The van der Waals surface area contributed by atoms with Crippen molar-refractivity contribution in [2.24, 2.45) is 0 Å². The van der Waals surface area contributed by atoms with Gasteiger partial charge in [-0.2, -0.15) is 0 Å². The Hall–Kier alpha value is -4.26. The summed E-state index contributed by atoms with van der Waals surface area (Å²) in [4.78, 5) is 30.5. The van der Waals surface area contributed by atoms with Gasteiger partial charge in [-0.1, -0.05) is 24.3 Å². The van der Waals surface area contributed by atoms with Crippen molar-refractivity contribution >= 4 is 28.8 Å². The lowest BCUT2D eigenvalue weighted by atomic mass is 9.93. The molecule has 0 bridgehead atoms. The van der Waals surface area contributed by atoms with Gasteiger partial charge < -0.3 is 19.5 Å². The van der Waals surface area contributed by atoms with Crippen LogP contribution in [0.4, 0.5) is 11.4 Å². The average Bonchev–Trinajstić information content (AvgIpc) is 3.14. The molecule has 1 saturated heterocycles. The highest BCUT2D eigenvalue weighted by molar-refractivity contribution is 6.51. The third-order valence-electron chi connectivity index (χ3n) is 6.45. The number of anilines is 2. The lowest BCUT2D eigenvalue weighted by molar-refractivity contribution is -0.132. The first kappa shape index (κ1) is 25.8. The highest BCUT2D eigenvalue weighted by Gasteiger charge is 2.47. The topological polar surface area (TPSA) is 79.3 Å². The van der Waals surface area contributed by atoms with E-state index in [1.165, 1.54) is 12.0 Å². The van der Waals surface area contributed by atoms with E-state index in [4.69, 9.17) is 9.47 Å². The minimum atomic E-state index is -0.849. The number of ketones is 1. The Morgan fingerprint density at radius 3 is 2.35 bits per heavy atom. The van der Waals surface area contributed by atoms with Crippen molar-refractivity contribution in [1.82, 2.24) is 0 Å². The Kier molecular flexibility index (Phi) is 7.25. The van der Waals surface area contributed by atoms with Crippen LogP contribution in [0.1, 0.15) is 35.2 Å². The molecule has 0 radical (unpaired) electrons. The Bertz CT molecular complexity index is 1380. The number of methoxy groups -OCH3 is 1. The zero-order valence-electron chi connectivity index (χ0n) is 22.0. The maximum absolute atomic E-state index is 13.6. The summed E-state index contributed by atoms with van der Waals surface area (Å²) in [5.41, 5.74) is 4.25. The second-order valence-corrected chi connectivity index (χ2v) is 9.25. The van der Waals surface area contributed by atoms with E-state index >= 15 is 0 Å². The molecular weight excluding hydrogens is 468 g/mol. The van der Waals surface area contributed by atoms with Crippen LogP contribution in [0, 0.1) is 13.8 Å². The summed E-state index contributed by atoms with van der Waals surface area (Å²) < 4.78 is 11.2. The molecule has 1 atom stereocenters. The lowest BCUT2D eigenvalue weighted by Gasteiger charge is -2.26. The van der Waals surface area contributed by atoms with Crippen molar-refractivity contribution in [3.8, 4) is 11.5 Å². The van der Waals surface area contributed by atoms with Crippen molar-refractivity contribution < 1.29 is 24.2 Å². The third kappa shape index (κ3) is 4.77. The molecule has 1 unspecified atom stereocenters. The van der Waals surface area contributed by atoms with E-state index in [0.717, 1.165) is 16.8 Å². The van der Waals surface area contributed by atoms with Crippen molar-refractivity contribution in [2.45, 2.75) is 26.8 Å². The summed E-state index contributed by atoms with van der Waals surface area (Å²) in [7, 11) is 5.39. The number of aliphatic hydroxyl groups is 1. The molecule has 1 aliphatic heterocycles. The molecule has 1 aliphatic rings. The molecule has 3 aromatic rings. The number of aryl methyl sites for hydroxylation is 2. The van der Waals surface area contributed by atoms with Gasteiger partial charge in [-0.05, 0) is 67.8 Å². The molecule has 0 spiro atoms. The summed E-state index contributed by atoms with van der Waals surface area (Å²) in [6.07, 6.45) is 0. The number of ether oxygens (including phenoxy) is 2. The van der Waals surface area contributed by atoms with Crippen LogP contribution in [0.5, 0.6) is 11.5 Å². The fourth-order valence-electron chi connectivity index (χ4n) is 4.81. The summed E-state index contributed by atoms with van der Waals surface area (Å²) in [5, 5.41) is 11.6. The number of aliphatic hydroxyl groups excluding tert-OH is 1. The van der Waals surface area contributed by atoms with Crippen LogP contribution in [0.2, 0.25) is 0 Å². The first-order chi connectivity index (χ1) is 17.7. The maximum Gasteiger partial charge on any atom is 0.300 e. The van der Waals surface area contributed by atoms with E-state index in [1.807, 2.05) is 70.1 Å². The Labute approximate surface area is 217 Å². The third-order valence-corrected chi connectivity index (χ3v) is 6.45. The highest BCUT2D eigenvalue weighted by Crippen LogP contribution is 2.44. The molecule has 4 rings (SSSR count). The van der Waals surface area contributed by atoms with Crippen LogP contribution >= 0.6 is 0 Å². The van der Waals surface area contributed by atoms with Crippen LogP contribution in [0.3, 0.4) is 0 Å². The highest BCUT2D eigenvalue weighted by atomic mass is 16.5. The number of nitrogens with zero attached hydrogens (tertiary/aromatic N) is 2. The fourth-order valence-corrected chi connectivity index (χ4v) is 4.81. The van der Waals surface area contributed by atoms with E-state index in [-0.39, 0.29) is 11.3 Å². The molecule has 1 fully saturated rings. The van der Waals surface area contributed by atoms with Gasteiger partial charge in [0.05, 0.1) is 30.9 Å². The normalized spacial score (nSPS) is 16.7. The van der Waals surface area contributed by atoms with Gasteiger partial charge in [0.2, 0.25) is 0 Å². The molecule has 7 heteroatoms. The molecule has 1 heterocycles. The van der Waals surface area contributed by atoms with E-state index in [9.17, 15) is 14.7 Å². The van der Waals surface area contributed by atoms with E-state index in [1.54, 1.807) is 30.3 Å². The van der Waals surface area contributed by atoms with Crippen LogP contribution < -0.4 is 19.3 Å². The Morgan fingerprint density at radius 2 is 1.73 bits per heavy atom. The van der Waals surface area contributed by atoms with Crippen molar-refractivity contribution in [1.29, 1.82) is 0 Å². The number of carbonyl (C=O) groups is 2. The number of amides is 1. The number of hydrogen-bond acceptors (Lipinski definition) is 6. The lowest BCUT2D eigenvalue weighted by Crippen LogP contribution is -2.29. The predicted molar refractivity (Wildman–Crippen MR) is 146 cm³/mol. The second kappa shape index (κ2) is 10.4. The Balaban J connectivity index is 1.98. The van der Waals surface area contributed by atoms with Crippen LogP contribution in [0.15, 0.2) is 66.2 Å². The molecule has 3 aromatic carbocycles. The summed E-state index contributed by atoms with van der Waals surface area (Å²) in [5.74, 6) is -0.719. The van der Waals surface area contributed by atoms with Gasteiger partial charge in [0.25, 0.3) is 11.7 Å². The van der Waals surface area contributed by atoms with Crippen LogP contribution in [-0.4, -0.2) is 44.6 Å². The number of rotatable bonds is 7. The first-order valence-corrected chi connectivity index (χ1v) is 12.1. The standard InChI is InChI=1S/C30H32N2O5/c1-7-37-23-10-8-9-22(17-23)32-26(20-11-13-21(14-12-20)31(4)5)25(28(34)30(32)35)27(33)24-16-18(2)15-19(3)29(24)36-6/h8-17,26,33H,7H2,1-6H3/b27-25+.